The van der Waals surface area contributed by atoms with Crippen LogP contribution in [0.1, 0.15) is 21.9 Å². The Morgan fingerprint density at radius 2 is 2.17 bits per heavy atom. The van der Waals surface area contributed by atoms with Gasteiger partial charge in [-0.25, -0.2) is 4.98 Å². The van der Waals surface area contributed by atoms with E-state index in [1.54, 1.807) is 24.4 Å². The molecule has 0 saturated heterocycles. The predicted molar refractivity (Wildman–Crippen MR) is 83.0 cm³/mol. The van der Waals surface area contributed by atoms with Crippen LogP contribution in [-0.4, -0.2) is 27.2 Å². The summed E-state index contributed by atoms with van der Waals surface area (Å²) in [5.74, 6) is -0.434. The van der Waals surface area contributed by atoms with Gasteiger partial charge in [0.15, 0.2) is 17.3 Å². The highest BCUT2D eigenvalue weighted by Crippen LogP contribution is 2.28. The molecule has 0 aliphatic rings. The van der Waals surface area contributed by atoms with E-state index in [0.717, 1.165) is 0 Å². The fourth-order valence-corrected chi connectivity index (χ4v) is 2.38. The molecule has 24 heavy (non-hydrogen) atoms. The topological polar surface area (TPSA) is 111 Å². The Bertz CT molecular complexity index is 1020. The van der Waals surface area contributed by atoms with Gasteiger partial charge in [0.1, 0.15) is 6.07 Å². The first-order valence-electron chi connectivity index (χ1n) is 6.81. The fourth-order valence-electron chi connectivity index (χ4n) is 2.38. The van der Waals surface area contributed by atoms with Crippen LogP contribution in [0.3, 0.4) is 0 Å². The zero-order valence-corrected chi connectivity index (χ0v) is 12.5. The molecule has 0 unspecified atom stereocenters. The lowest BCUT2D eigenvalue weighted by atomic mass is 10.1. The molecule has 2 aromatic heterocycles. The standard InChI is InChI=1S/C16H10N4O4/c1-24-14-8-10(5-6-13(14)20(22)23)15(21)16-18-11(9-17)12-4-2-3-7-19(12)16/h2-8H,1H3. The van der Waals surface area contributed by atoms with Crippen LogP contribution in [0.15, 0.2) is 42.6 Å². The number of ketones is 1. The van der Waals surface area contributed by atoms with Crippen molar-refractivity contribution < 1.29 is 14.5 Å². The van der Waals surface area contributed by atoms with Crippen molar-refractivity contribution in [3.63, 3.8) is 0 Å². The van der Waals surface area contributed by atoms with E-state index in [-0.39, 0.29) is 28.5 Å². The maximum Gasteiger partial charge on any atom is 0.310 e. The number of carbonyl (C=O) groups is 1. The molecule has 0 aliphatic carbocycles. The summed E-state index contributed by atoms with van der Waals surface area (Å²) in [6, 6.07) is 10.9. The summed E-state index contributed by atoms with van der Waals surface area (Å²) < 4.78 is 6.48. The van der Waals surface area contributed by atoms with Gasteiger partial charge in [-0.2, -0.15) is 5.26 Å². The largest absolute Gasteiger partial charge is 0.490 e. The SMILES string of the molecule is COc1cc(C(=O)c2nc(C#N)c3ccccn23)ccc1[N+](=O)[O-]. The molecule has 0 atom stereocenters. The summed E-state index contributed by atoms with van der Waals surface area (Å²) in [5.41, 5.74) is 0.586. The molecule has 0 bridgehead atoms. The number of hydrogen-bond donors (Lipinski definition) is 0. The first-order chi connectivity index (χ1) is 11.6. The molecule has 0 N–H and O–H groups in total. The number of methoxy groups -OCH3 is 1. The van der Waals surface area contributed by atoms with Crippen molar-refractivity contribution in [1.29, 1.82) is 5.26 Å². The Morgan fingerprint density at radius 1 is 1.38 bits per heavy atom. The zero-order valence-electron chi connectivity index (χ0n) is 12.5. The molecule has 0 amide bonds. The van der Waals surface area contributed by atoms with Crippen LogP contribution in [-0.2, 0) is 0 Å². The molecule has 0 saturated carbocycles. The summed E-state index contributed by atoms with van der Waals surface area (Å²) in [7, 11) is 1.29. The van der Waals surface area contributed by atoms with Gasteiger partial charge in [-0.1, -0.05) is 6.07 Å². The third-order valence-electron chi connectivity index (χ3n) is 3.50. The predicted octanol–water partition coefficient (Wildman–Crippen LogP) is 2.35. The molecule has 3 aromatic rings. The second kappa shape index (κ2) is 5.81. The average Bonchev–Trinajstić information content (AvgIpc) is 2.99. The molecular weight excluding hydrogens is 312 g/mol. The van der Waals surface area contributed by atoms with E-state index in [2.05, 4.69) is 4.98 Å². The Morgan fingerprint density at radius 3 is 2.83 bits per heavy atom. The van der Waals surface area contributed by atoms with E-state index in [1.807, 2.05) is 6.07 Å². The van der Waals surface area contributed by atoms with Crippen molar-refractivity contribution >= 4 is 17.0 Å². The van der Waals surface area contributed by atoms with Crippen molar-refractivity contribution in [2.45, 2.75) is 0 Å². The minimum absolute atomic E-state index is 0.0211. The zero-order chi connectivity index (χ0) is 17.3. The van der Waals surface area contributed by atoms with Crippen LogP contribution >= 0.6 is 0 Å². The van der Waals surface area contributed by atoms with Crippen molar-refractivity contribution in [1.82, 2.24) is 9.38 Å². The molecule has 8 nitrogen and oxygen atoms in total. The molecule has 2 heterocycles. The molecule has 0 radical (unpaired) electrons. The monoisotopic (exact) mass is 322 g/mol. The van der Waals surface area contributed by atoms with Crippen molar-refractivity contribution in [2.24, 2.45) is 0 Å². The van der Waals surface area contributed by atoms with Gasteiger partial charge < -0.3 is 4.74 Å². The maximum absolute atomic E-state index is 12.7. The third-order valence-corrected chi connectivity index (χ3v) is 3.50. The van der Waals surface area contributed by atoms with Gasteiger partial charge in [0.2, 0.25) is 5.78 Å². The summed E-state index contributed by atoms with van der Waals surface area (Å²) in [6.45, 7) is 0. The molecular formula is C16H10N4O4. The van der Waals surface area contributed by atoms with E-state index < -0.39 is 10.7 Å². The highest BCUT2D eigenvalue weighted by atomic mass is 16.6. The Balaban J connectivity index is 2.14. The lowest BCUT2D eigenvalue weighted by Crippen LogP contribution is -2.07. The van der Waals surface area contributed by atoms with Gasteiger partial charge in [-0.15, -0.1) is 0 Å². The number of fused-ring (bicyclic) bond motifs is 1. The quantitative estimate of drug-likeness (QED) is 0.414. The van der Waals surface area contributed by atoms with E-state index in [0.29, 0.717) is 5.52 Å². The summed E-state index contributed by atoms with van der Waals surface area (Å²) in [6.07, 6.45) is 1.62. The third kappa shape index (κ3) is 2.34. The number of imidazole rings is 1. The number of nitro benzene ring substituents is 1. The van der Waals surface area contributed by atoms with Gasteiger partial charge in [-0.3, -0.25) is 19.3 Å². The number of ether oxygens (including phenoxy) is 1. The number of carbonyl (C=O) groups excluding carboxylic acids is 1. The minimum atomic E-state index is -0.591. The van der Waals surface area contributed by atoms with Crippen LogP contribution in [0.5, 0.6) is 5.75 Å². The van der Waals surface area contributed by atoms with Crippen molar-refractivity contribution in [3.05, 3.63) is 69.8 Å². The van der Waals surface area contributed by atoms with Crippen molar-refractivity contribution in [3.8, 4) is 11.8 Å². The lowest BCUT2D eigenvalue weighted by molar-refractivity contribution is -0.385. The highest BCUT2D eigenvalue weighted by Gasteiger charge is 2.22. The minimum Gasteiger partial charge on any atom is -0.490 e. The smallest absolute Gasteiger partial charge is 0.310 e. The van der Waals surface area contributed by atoms with Gasteiger partial charge >= 0.3 is 5.69 Å². The van der Waals surface area contributed by atoms with Crippen LogP contribution < -0.4 is 4.74 Å². The Labute approximate surface area is 135 Å². The summed E-state index contributed by atoms with van der Waals surface area (Å²) in [4.78, 5) is 27.1. The molecule has 1 aromatic carbocycles. The Kier molecular flexibility index (Phi) is 3.67. The second-order valence-electron chi connectivity index (χ2n) is 4.82. The summed E-state index contributed by atoms with van der Waals surface area (Å²) >= 11 is 0. The average molecular weight is 322 g/mol. The number of pyridine rings is 1. The molecule has 0 fully saturated rings. The van der Waals surface area contributed by atoms with Crippen LogP contribution in [0.4, 0.5) is 5.69 Å². The van der Waals surface area contributed by atoms with Gasteiger partial charge in [-0.05, 0) is 24.3 Å². The number of nitrogens with zero attached hydrogens (tertiary/aromatic N) is 4. The highest BCUT2D eigenvalue weighted by molar-refractivity contribution is 6.08. The second-order valence-corrected chi connectivity index (χ2v) is 4.82. The molecule has 118 valence electrons. The lowest BCUT2D eigenvalue weighted by Gasteiger charge is -2.04. The number of rotatable bonds is 4. The van der Waals surface area contributed by atoms with Crippen LogP contribution in [0.2, 0.25) is 0 Å². The number of nitro groups is 1. The molecule has 0 aliphatic heterocycles. The van der Waals surface area contributed by atoms with Crippen LogP contribution in [0, 0.1) is 21.4 Å². The van der Waals surface area contributed by atoms with E-state index in [9.17, 15) is 14.9 Å². The first-order valence-corrected chi connectivity index (χ1v) is 6.81. The van der Waals surface area contributed by atoms with E-state index in [1.165, 1.54) is 29.7 Å². The molecule has 3 rings (SSSR count). The number of hydrogen-bond acceptors (Lipinski definition) is 6. The fraction of sp³-hybridized carbons (Fsp3) is 0.0625. The Hall–Kier alpha value is -3.73. The van der Waals surface area contributed by atoms with Crippen LogP contribution in [0.25, 0.3) is 5.52 Å². The van der Waals surface area contributed by atoms with Crippen molar-refractivity contribution in [2.75, 3.05) is 7.11 Å². The molecule has 0 spiro atoms. The van der Waals surface area contributed by atoms with E-state index in [4.69, 9.17) is 10.00 Å². The summed E-state index contributed by atoms with van der Waals surface area (Å²) in [5, 5.41) is 20.1. The maximum atomic E-state index is 12.7. The number of aromatic nitrogens is 2. The number of benzene rings is 1. The van der Waals surface area contributed by atoms with Gasteiger partial charge in [0.05, 0.1) is 17.5 Å². The van der Waals surface area contributed by atoms with Gasteiger partial charge in [0.25, 0.3) is 0 Å². The van der Waals surface area contributed by atoms with E-state index >= 15 is 0 Å². The normalized spacial score (nSPS) is 10.3. The van der Waals surface area contributed by atoms with Gasteiger partial charge in [0, 0.05) is 17.8 Å². The molecule has 8 heteroatoms. The first kappa shape index (κ1) is 15.2. The number of nitriles is 1.